The van der Waals surface area contributed by atoms with Gasteiger partial charge in [0, 0.05) is 12.6 Å². The highest BCUT2D eigenvalue weighted by Gasteiger charge is 2.24. The molecular weight excluding hydrogens is 376 g/mol. The summed E-state index contributed by atoms with van der Waals surface area (Å²) < 4.78 is 11.5. The summed E-state index contributed by atoms with van der Waals surface area (Å²) in [6.45, 7) is 11.7. The molecule has 1 aromatic carbocycles. The Morgan fingerprint density at radius 2 is 2.07 bits per heavy atom. The molecule has 1 aromatic rings. The van der Waals surface area contributed by atoms with Crippen LogP contribution in [0.5, 0.6) is 11.5 Å². The highest BCUT2D eigenvalue weighted by atomic mass is 16.5. The smallest absolute Gasteiger partial charge is 0.255 e. The molecule has 1 amide bonds. The lowest BCUT2D eigenvalue weighted by Gasteiger charge is -2.23. The van der Waals surface area contributed by atoms with Crippen LogP contribution in [0.1, 0.15) is 63.7 Å². The van der Waals surface area contributed by atoms with Crippen LogP contribution < -0.4 is 14.8 Å². The van der Waals surface area contributed by atoms with Crippen molar-refractivity contribution in [1.29, 1.82) is 0 Å². The zero-order chi connectivity index (χ0) is 21.9. The van der Waals surface area contributed by atoms with Gasteiger partial charge in [-0.15, -0.1) is 0 Å². The Kier molecular flexibility index (Phi) is 9.95. The van der Waals surface area contributed by atoms with Crippen molar-refractivity contribution in [3.8, 4) is 11.5 Å². The first-order valence-corrected chi connectivity index (χ1v) is 11.1. The van der Waals surface area contributed by atoms with E-state index in [-0.39, 0.29) is 5.91 Å². The molecular formula is C25H38N2O3. The van der Waals surface area contributed by atoms with Crippen molar-refractivity contribution in [2.24, 2.45) is 0 Å². The van der Waals surface area contributed by atoms with Gasteiger partial charge in [0.2, 0.25) is 0 Å². The lowest BCUT2D eigenvalue weighted by Crippen LogP contribution is -2.40. The number of carbonyl (C=O) groups is 1. The fourth-order valence-electron chi connectivity index (χ4n) is 3.81. The van der Waals surface area contributed by atoms with Crippen molar-refractivity contribution in [3.05, 3.63) is 47.1 Å². The highest BCUT2D eigenvalue weighted by Crippen LogP contribution is 2.31. The molecule has 0 saturated carbocycles. The molecule has 5 nitrogen and oxygen atoms in total. The van der Waals surface area contributed by atoms with E-state index >= 15 is 0 Å². The molecule has 1 atom stereocenters. The number of benzene rings is 1. The summed E-state index contributed by atoms with van der Waals surface area (Å²) in [5.41, 5.74) is 3.13. The predicted octanol–water partition coefficient (Wildman–Crippen LogP) is 4.98. The van der Waals surface area contributed by atoms with Crippen LogP contribution in [0.25, 0.3) is 0 Å². The van der Waals surface area contributed by atoms with Gasteiger partial charge in [-0.25, -0.2) is 0 Å². The number of carbonyl (C=O) groups excluding carboxylic acids is 1. The minimum Gasteiger partial charge on any atom is -0.493 e. The number of amides is 1. The number of para-hydroxylation sites is 1. The Labute approximate surface area is 182 Å². The largest absolute Gasteiger partial charge is 0.493 e. The molecule has 166 valence electrons. The SMILES string of the molecule is CCN1CCCC1CNC(=O)c1cccc(OC)c1OCC=C(C)CCC=C(C)C. The molecule has 1 heterocycles. The molecule has 2 rings (SSSR count). The van der Waals surface area contributed by atoms with E-state index in [1.807, 2.05) is 12.1 Å². The summed E-state index contributed by atoms with van der Waals surface area (Å²) in [5.74, 6) is 0.968. The van der Waals surface area contributed by atoms with E-state index in [0.717, 1.165) is 32.4 Å². The lowest BCUT2D eigenvalue weighted by atomic mass is 10.1. The first kappa shape index (κ1) is 24.0. The van der Waals surface area contributed by atoms with Gasteiger partial charge in [0.1, 0.15) is 6.61 Å². The van der Waals surface area contributed by atoms with Crippen LogP contribution in [0.4, 0.5) is 0 Å². The molecule has 30 heavy (non-hydrogen) atoms. The van der Waals surface area contributed by atoms with Gasteiger partial charge < -0.3 is 14.8 Å². The fraction of sp³-hybridized carbons (Fsp3) is 0.560. The molecule has 1 unspecified atom stereocenters. The maximum absolute atomic E-state index is 12.9. The second kappa shape index (κ2) is 12.4. The standard InChI is InChI=1S/C25H38N2O3/c1-6-27-16-9-12-21(27)18-26-25(28)22-13-8-14-23(29-5)24(22)30-17-15-20(4)11-7-10-19(2)3/h8,10,13-15,21H,6-7,9,11-12,16-18H2,1-5H3,(H,26,28). The number of nitrogens with zero attached hydrogens (tertiary/aromatic N) is 1. The van der Waals surface area contributed by atoms with Crippen molar-refractivity contribution in [2.75, 3.05) is 33.4 Å². The van der Waals surface area contributed by atoms with E-state index in [0.29, 0.717) is 36.3 Å². The Balaban J connectivity index is 2.01. The highest BCUT2D eigenvalue weighted by molar-refractivity contribution is 5.97. The summed E-state index contributed by atoms with van der Waals surface area (Å²) >= 11 is 0. The topological polar surface area (TPSA) is 50.8 Å². The zero-order valence-corrected chi connectivity index (χ0v) is 19.3. The van der Waals surface area contributed by atoms with Gasteiger partial charge in [-0.3, -0.25) is 9.69 Å². The van der Waals surface area contributed by atoms with Gasteiger partial charge in [0.25, 0.3) is 5.91 Å². The van der Waals surface area contributed by atoms with Crippen molar-refractivity contribution in [3.63, 3.8) is 0 Å². The van der Waals surface area contributed by atoms with E-state index in [9.17, 15) is 4.79 Å². The zero-order valence-electron chi connectivity index (χ0n) is 19.3. The summed E-state index contributed by atoms with van der Waals surface area (Å²) in [4.78, 5) is 15.3. The molecule has 0 radical (unpaired) electrons. The summed E-state index contributed by atoms with van der Waals surface area (Å²) in [6, 6.07) is 5.87. The Morgan fingerprint density at radius 3 is 2.77 bits per heavy atom. The van der Waals surface area contributed by atoms with Crippen LogP contribution in [0.15, 0.2) is 41.5 Å². The number of hydrogen-bond acceptors (Lipinski definition) is 4. The predicted molar refractivity (Wildman–Crippen MR) is 124 cm³/mol. The molecule has 1 N–H and O–H groups in total. The Bertz CT molecular complexity index is 751. The molecule has 1 saturated heterocycles. The number of methoxy groups -OCH3 is 1. The maximum atomic E-state index is 12.9. The van der Waals surface area contributed by atoms with Crippen molar-refractivity contribution in [2.45, 2.75) is 59.4 Å². The molecule has 0 aromatic heterocycles. The van der Waals surface area contributed by atoms with Crippen molar-refractivity contribution in [1.82, 2.24) is 10.2 Å². The number of likely N-dealkylation sites (N-methyl/N-ethyl adjacent to an activating group) is 1. The van der Waals surface area contributed by atoms with Crippen LogP contribution in [-0.2, 0) is 0 Å². The van der Waals surface area contributed by atoms with Crippen LogP contribution in [-0.4, -0.2) is 50.2 Å². The van der Waals surface area contributed by atoms with Crippen molar-refractivity contribution < 1.29 is 14.3 Å². The first-order valence-electron chi connectivity index (χ1n) is 11.1. The van der Waals surface area contributed by atoms with Gasteiger partial charge in [0.05, 0.1) is 12.7 Å². The second-order valence-corrected chi connectivity index (χ2v) is 8.15. The Hall–Kier alpha value is -2.27. The number of ether oxygens (including phenoxy) is 2. The molecule has 5 heteroatoms. The average molecular weight is 415 g/mol. The second-order valence-electron chi connectivity index (χ2n) is 8.15. The number of allylic oxidation sites excluding steroid dienone is 3. The van der Waals surface area contributed by atoms with E-state index in [2.05, 4.69) is 50.1 Å². The summed E-state index contributed by atoms with van der Waals surface area (Å²) in [5, 5.41) is 3.10. The van der Waals surface area contributed by atoms with Crippen molar-refractivity contribution >= 4 is 5.91 Å². The van der Waals surface area contributed by atoms with E-state index in [1.54, 1.807) is 13.2 Å². The fourth-order valence-corrected chi connectivity index (χ4v) is 3.81. The molecule has 1 aliphatic rings. The third-order valence-electron chi connectivity index (χ3n) is 5.60. The molecule has 0 bridgehead atoms. The number of nitrogens with one attached hydrogen (secondary N) is 1. The lowest BCUT2D eigenvalue weighted by molar-refractivity contribution is 0.0937. The summed E-state index contributed by atoms with van der Waals surface area (Å²) in [7, 11) is 1.60. The van der Waals surface area contributed by atoms with E-state index < -0.39 is 0 Å². The quantitative estimate of drug-likeness (QED) is 0.519. The summed E-state index contributed by atoms with van der Waals surface area (Å²) in [6.07, 6.45) is 8.68. The van der Waals surface area contributed by atoms with Crippen LogP contribution in [0, 0.1) is 0 Å². The average Bonchev–Trinajstić information content (AvgIpc) is 3.19. The van der Waals surface area contributed by atoms with Crippen LogP contribution in [0.2, 0.25) is 0 Å². The van der Waals surface area contributed by atoms with Crippen LogP contribution >= 0.6 is 0 Å². The molecule has 1 aliphatic heterocycles. The van der Waals surface area contributed by atoms with Gasteiger partial charge >= 0.3 is 0 Å². The first-order chi connectivity index (χ1) is 14.5. The normalized spacial score (nSPS) is 17.0. The van der Waals surface area contributed by atoms with Gasteiger partial charge in [-0.1, -0.05) is 30.2 Å². The number of likely N-dealkylation sites (tertiary alicyclic amines) is 1. The molecule has 1 fully saturated rings. The third-order valence-corrected chi connectivity index (χ3v) is 5.60. The molecule has 0 spiro atoms. The third kappa shape index (κ3) is 7.21. The maximum Gasteiger partial charge on any atom is 0.255 e. The van der Waals surface area contributed by atoms with Gasteiger partial charge in [-0.2, -0.15) is 0 Å². The monoisotopic (exact) mass is 414 g/mol. The number of hydrogen-bond donors (Lipinski definition) is 1. The van der Waals surface area contributed by atoms with Crippen LogP contribution in [0.3, 0.4) is 0 Å². The van der Waals surface area contributed by atoms with Gasteiger partial charge in [-0.05, 0) is 77.8 Å². The minimum atomic E-state index is -0.115. The molecule has 0 aliphatic carbocycles. The minimum absolute atomic E-state index is 0.115. The van der Waals surface area contributed by atoms with E-state index in [4.69, 9.17) is 9.47 Å². The number of rotatable bonds is 11. The van der Waals surface area contributed by atoms with Gasteiger partial charge in [0.15, 0.2) is 11.5 Å². The van der Waals surface area contributed by atoms with E-state index in [1.165, 1.54) is 17.6 Å². The Morgan fingerprint density at radius 1 is 1.27 bits per heavy atom.